The summed E-state index contributed by atoms with van der Waals surface area (Å²) >= 11 is 0. The summed E-state index contributed by atoms with van der Waals surface area (Å²) < 4.78 is 15.8. The highest BCUT2D eigenvalue weighted by Gasteiger charge is 2.19. The summed E-state index contributed by atoms with van der Waals surface area (Å²) in [5.41, 5.74) is 1.50. The molecule has 2 rings (SSSR count). The van der Waals surface area contributed by atoms with Gasteiger partial charge in [0.05, 0.1) is 32.9 Å². The standard InChI is InChI=1S/C20H26N2O4/c1-22(2)18(14-7-6-8-15(11-14)24-3)13-21-20(23)17-12-16(25-4)9-10-19(17)26-5/h6-12,18H,13H2,1-5H3,(H,21,23). The molecular formula is C20H26N2O4. The number of amides is 1. The smallest absolute Gasteiger partial charge is 0.255 e. The average molecular weight is 358 g/mol. The predicted molar refractivity (Wildman–Crippen MR) is 101 cm³/mol. The molecule has 0 aromatic heterocycles. The van der Waals surface area contributed by atoms with Crippen LogP contribution in [0.25, 0.3) is 0 Å². The van der Waals surface area contributed by atoms with E-state index in [1.54, 1.807) is 32.4 Å². The number of hydrogen-bond acceptors (Lipinski definition) is 5. The van der Waals surface area contributed by atoms with Crippen molar-refractivity contribution in [3.8, 4) is 17.2 Å². The van der Waals surface area contributed by atoms with Gasteiger partial charge >= 0.3 is 0 Å². The van der Waals surface area contributed by atoms with E-state index in [-0.39, 0.29) is 11.9 Å². The highest BCUT2D eigenvalue weighted by Crippen LogP contribution is 2.25. The van der Waals surface area contributed by atoms with Crippen molar-refractivity contribution in [1.82, 2.24) is 10.2 Å². The minimum atomic E-state index is -0.213. The Morgan fingerprint density at radius 2 is 1.69 bits per heavy atom. The summed E-state index contributed by atoms with van der Waals surface area (Å²) in [6.45, 7) is 0.444. The summed E-state index contributed by atoms with van der Waals surface area (Å²) in [5, 5.41) is 2.99. The van der Waals surface area contributed by atoms with E-state index in [1.807, 2.05) is 38.4 Å². The third-order valence-corrected chi connectivity index (χ3v) is 4.21. The number of nitrogens with zero attached hydrogens (tertiary/aromatic N) is 1. The first-order chi connectivity index (χ1) is 12.5. The number of nitrogens with one attached hydrogen (secondary N) is 1. The number of ether oxygens (including phenoxy) is 3. The maximum Gasteiger partial charge on any atom is 0.255 e. The molecule has 26 heavy (non-hydrogen) atoms. The van der Waals surface area contributed by atoms with Crippen LogP contribution in [0, 0.1) is 0 Å². The molecule has 0 fully saturated rings. The molecule has 2 aromatic carbocycles. The molecule has 0 heterocycles. The number of rotatable bonds is 8. The second-order valence-corrected chi connectivity index (χ2v) is 6.03. The normalized spacial score (nSPS) is 11.8. The molecule has 6 heteroatoms. The van der Waals surface area contributed by atoms with Gasteiger partial charge in [0, 0.05) is 6.54 Å². The van der Waals surface area contributed by atoms with Crippen molar-refractivity contribution in [2.75, 3.05) is 42.0 Å². The van der Waals surface area contributed by atoms with Gasteiger partial charge in [0.1, 0.15) is 17.2 Å². The van der Waals surface area contributed by atoms with Crippen LogP contribution in [0.4, 0.5) is 0 Å². The number of likely N-dealkylation sites (N-methyl/N-ethyl adjacent to an activating group) is 1. The molecular weight excluding hydrogens is 332 g/mol. The Bertz CT molecular complexity index is 746. The van der Waals surface area contributed by atoms with Crippen molar-refractivity contribution in [1.29, 1.82) is 0 Å². The largest absolute Gasteiger partial charge is 0.497 e. The van der Waals surface area contributed by atoms with Gasteiger partial charge < -0.3 is 24.4 Å². The van der Waals surface area contributed by atoms with E-state index in [4.69, 9.17) is 14.2 Å². The van der Waals surface area contributed by atoms with Gasteiger partial charge in [-0.15, -0.1) is 0 Å². The van der Waals surface area contributed by atoms with Gasteiger partial charge in [-0.3, -0.25) is 4.79 Å². The quantitative estimate of drug-likeness (QED) is 0.786. The minimum absolute atomic E-state index is 0.00523. The molecule has 0 saturated heterocycles. The first kappa shape index (κ1) is 19.6. The highest BCUT2D eigenvalue weighted by molar-refractivity contribution is 5.97. The fraction of sp³-hybridized carbons (Fsp3) is 0.350. The lowest BCUT2D eigenvalue weighted by atomic mass is 10.1. The topological polar surface area (TPSA) is 60.0 Å². The molecule has 1 N–H and O–H groups in total. The number of benzene rings is 2. The van der Waals surface area contributed by atoms with Crippen LogP contribution in [0.1, 0.15) is 22.0 Å². The van der Waals surface area contributed by atoms with Crippen LogP contribution in [0.5, 0.6) is 17.2 Å². The molecule has 1 unspecified atom stereocenters. The number of methoxy groups -OCH3 is 3. The zero-order valence-electron chi connectivity index (χ0n) is 15.9. The second kappa shape index (κ2) is 9.10. The predicted octanol–water partition coefficient (Wildman–Crippen LogP) is 2.75. The Balaban J connectivity index is 2.17. The average Bonchev–Trinajstić information content (AvgIpc) is 2.67. The first-order valence-corrected chi connectivity index (χ1v) is 8.30. The number of carbonyl (C=O) groups excluding carboxylic acids is 1. The van der Waals surface area contributed by atoms with Crippen LogP contribution >= 0.6 is 0 Å². The third kappa shape index (κ3) is 4.67. The van der Waals surface area contributed by atoms with Crippen LogP contribution in [0.15, 0.2) is 42.5 Å². The van der Waals surface area contributed by atoms with Gasteiger partial charge in [-0.05, 0) is 50.0 Å². The zero-order valence-corrected chi connectivity index (χ0v) is 15.9. The number of carbonyl (C=O) groups is 1. The lowest BCUT2D eigenvalue weighted by Crippen LogP contribution is -2.34. The van der Waals surface area contributed by atoms with Crippen molar-refractivity contribution < 1.29 is 19.0 Å². The van der Waals surface area contributed by atoms with Crippen molar-refractivity contribution >= 4 is 5.91 Å². The molecule has 0 bridgehead atoms. The van der Waals surface area contributed by atoms with Crippen LogP contribution in [0.2, 0.25) is 0 Å². The fourth-order valence-electron chi connectivity index (χ4n) is 2.72. The van der Waals surface area contributed by atoms with Gasteiger partial charge in [0.2, 0.25) is 0 Å². The van der Waals surface area contributed by atoms with Gasteiger partial charge in [-0.25, -0.2) is 0 Å². The summed E-state index contributed by atoms with van der Waals surface area (Å²) in [5.74, 6) is 1.68. The SMILES string of the molecule is COc1cccc(C(CNC(=O)c2cc(OC)ccc2OC)N(C)C)c1. The van der Waals surface area contributed by atoms with E-state index in [0.29, 0.717) is 23.6 Å². The Morgan fingerprint density at radius 1 is 1.00 bits per heavy atom. The lowest BCUT2D eigenvalue weighted by Gasteiger charge is -2.25. The van der Waals surface area contributed by atoms with E-state index >= 15 is 0 Å². The molecule has 140 valence electrons. The van der Waals surface area contributed by atoms with E-state index in [0.717, 1.165) is 11.3 Å². The molecule has 1 amide bonds. The molecule has 0 aliphatic heterocycles. The third-order valence-electron chi connectivity index (χ3n) is 4.21. The molecule has 0 spiro atoms. The van der Waals surface area contributed by atoms with E-state index in [1.165, 1.54) is 7.11 Å². The fourth-order valence-corrected chi connectivity index (χ4v) is 2.72. The molecule has 0 saturated carbocycles. The second-order valence-electron chi connectivity index (χ2n) is 6.03. The van der Waals surface area contributed by atoms with Gasteiger partial charge in [-0.2, -0.15) is 0 Å². The maximum atomic E-state index is 12.7. The summed E-state index contributed by atoms with van der Waals surface area (Å²) in [7, 11) is 8.69. The Hall–Kier alpha value is -2.73. The van der Waals surface area contributed by atoms with Gasteiger partial charge in [0.15, 0.2) is 0 Å². The molecule has 1 atom stereocenters. The lowest BCUT2D eigenvalue weighted by molar-refractivity contribution is 0.0938. The summed E-state index contributed by atoms with van der Waals surface area (Å²) in [6, 6.07) is 13.0. The zero-order chi connectivity index (χ0) is 19.1. The molecule has 0 aliphatic rings. The Kier molecular flexibility index (Phi) is 6.86. The number of hydrogen-bond donors (Lipinski definition) is 1. The van der Waals surface area contributed by atoms with Crippen LogP contribution in [0.3, 0.4) is 0 Å². The monoisotopic (exact) mass is 358 g/mol. The molecule has 2 aromatic rings. The van der Waals surface area contributed by atoms with Crippen LogP contribution in [-0.2, 0) is 0 Å². The van der Waals surface area contributed by atoms with Crippen molar-refractivity contribution in [2.45, 2.75) is 6.04 Å². The first-order valence-electron chi connectivity index (χ1n) is 8.30. The van der Waals surface area contributed by atoms with E-state index in [2.05, 4.69) is 10.2 Å². The summed E-state index contributed by atoms with van der Waals surface area (Å²) in [4.78, 5) is 14.7. The highest BCUT2D eigenvalue weighted by atomic mass is 16.5. The molecule has 6 nitrogen and oxygen atoms in total. The van der Waals surface area contributed by atoms with E-state index in [9.17, 15) is 4.79 Å². The van der Waals surface area contributed by atoms with Crippen molar-refractivity contribution in [3.63, 3.8) is 0 Å². The van der Waals surface area contributed by atoms with Gasteiger partial charge in [0.25, 0.3) is 5.91 Å². The van der Waals surface area contributed by atoms with E-state index < -0.39 is 0 Å². The molecule has 0 aliphatic carbocycles. The Morgan fingerprint density at radius 3 is 2.31 bits per heavy atom. The minimum Gasteiger partial charge on any atom is -0.497 e. The summed E-state index contributed by atoms with van der Waals surface area (Å²) in [6.07, 6.45) is 0. The molecule has 0 radical (unpaired) electrons. The maximum absolute atomic E-state index is 12.7. The Labute approximate surface area is 154 Å². The van der Waals surface area contributed by atoms with Crippen molar-refractivity contribution in [2.24, 2.45) is 0 Å². The van der Waals surface area contributed by atoms with Crippen LogP contribution < -0.4 is 19.5 Å². The van der Waals surface area contributed by atoms with Crippen LogP contribution in [-0.4, -0.2) is 52.8 Å². The van der Waals surface area contributed by atoms with Gasteiger partial charge in [-0.1, -0.05) is 12.1 Å². The van der Waals surface area contributed by atoms with Crippen molar-refractivity contribution in [3.05, 3.63) is 53.6 Å².